The number of hydrogen-bond donors (Lipinski definition) is 1. The normalized spacial score (nSPS) is 16.1. The van der Waals surface area contributed by atoms with Crippen LogP contribution in [-0.2, 0) is 4.74 Å². The Balaban J connectivity index is 1.53. The molecule has 2 aromatic rings. The maximum atomic E-state index is 12.4. The molecule has 1 saturated heterocycles. The Hall–Kier alpha value is -2.31. The first-order valence-corrected chi connectivity index (χ1v) is 9.55. The van der Waals surface area contributed by atoms with Crippen LogP contribution in [0.5, 0.6) is 0 Å². The summed E-state index contributed by atoms with van der Waals surface area (Å²) in [4.78, 5) is 23.7. The predicted octanol–water partition coefficient (Wildman–Crippen LogP) is 2.60. The highest BCUT2D eigenvalue weighted by Gasteiger charge is 2.17. The largest absolute Gasteiger partial charge is 0.379 e. The molecule has 1 fully saturated rings. The Morgan fingerprint density at radius 1 is 1.15 bits per heavy atom. The van der Waals surface area contributed by atoms with Crippen molar-refractivity contribution in [2.45, 2.75) is 33.2 Å². The summed E-state index contributed by atoms with van der Waals surface area (Å²) in [5, 5.41) is 3.02. The van der Waals surface area contributed by atoms with E-state index in [4.69, 9.17) is 4.74 Å². The second-order valence-corrected chi connectivity index (χ2v) is 7.09. The van der Waals surface area contributed by atoms with Gasteiger partial charge in [0.15, 0.2) is 5.82 Å². The number of hydrogen-bond acceptors (Lipinski definition) is 5. The zero-order chi connectivity index (χ0) is 19.2. The number of morpholine rings is 1. The number of rotatable bonds is 6. The Bertz CT molecular complexity index is 750. The van der Waals surface area contributed by atoms with E-state index in [-0.39, 0.29) is 5.91 Å². The molecule has 2 heterocycles. The van der Waals surface area contributed by atoms with Crippen LogP contribution in [0, 0.1) is 13.8 Å². The van der Waals surface area contributed by atoms with Crippen molar-refractivity contribution in [3.63, 3.8) is 0 Å². The molecule has 1 aromatic heterocycles. The minimum Gasteiger partial charge on any atom is -0.379 e. The molecule has 1 aliphatic rings. The fourth-order valence-electron chi connectivity index (χ4n) is 3.32. The van der Waals surface area contributed by atoms with Crippen LogP contribution >= 0.6 is 0 Å². The average molecular weight is 368 g/mol. The van der Waals surface area contributed by atoms with Gasteiger partial charge in [0.2, 0.25) is 0 Å². The summed E-state index contributed by atoms with van der Waals surface area (Å²) in [6.45, 7) is 10.3. The van der Waals surface area contributed by atoms with Crippen LogP contribution in [0.25, 0.3) is 11.4 Å². The topological polar surface area (TPSA) is 67.4 Å². The molecule has 0 spiro atoms. The predicted molar refractivity (Wildman–Crippen MR) is 106 cm³/mol. The second kappa shape index (κ2) is 9.06. The Morgan fingerprint density at radius 2 is 1.78 bits per heavy atom. The molecule has 144 valence electrons. The van der Waals surface area contributed by atoms with E-state index < -0.39 is 0 Å². The van der Waals surface area contributed by atoms with Gasteiger partial charge in [0.25, 0.3) is 5.91 Å². The quantitative estimate of drug-likeness (QED) is 0.849. The summed E-state index contributed by atoms with van der Waals surface area (Å²) in [6, 6.07) is 9.86. The number of nitrogens with zero attached hydrogens (tertiary/aromatic N) is 3. The summed E-state index contributed by atoms with van der Waals surface area (Å²) in [6.07, 6.45) is 0.931. The highest BCUT2D eigenvalue weighted by atomic mass is 16.5. The van der Waals surface area contributed by atoms with Crippen molar-refractivity contribution < 1.29 is 9.53 Å². The molecule has 1 aliphatic heterocycles. The molecule has 1 N–H and O–H groups in total. The number of carbonyl (C=O) groups excluding carboxylic acids is 1. The zero-order valence-corrected chi connectivity index (χ0v) is 16.4. The third-order valence-electron chi connectivity index (χ3n) is 4.90. The van der Waals surface area contributed by atoms with Crippen LogP contribution in [0.3, 0.4) is 0 Å². The summed E-state index contributed by atoms with van der Waals surface area (Å²) in [7, 11) is 0. The van der Waals surface area contributed by atoms with Crippen molar-refractivity contribution in [3.05, 3.63) is 47.3 Å². The second-order valence-electron chi connectivity index (χ2n) is 7.09. The number of ether oxygens (including phenoxy) is 1. The minimum atomic E-state index is -0.0444. The molecule has 3 rings (SSSR count). The van der Waals surface area contributed by atoms with E-state index in [0.717, 1.165) is 49.7 Å². The summed E-state index contributed by atoms with van der Waals surface area (Å²) in [5.74, 6) is 0.649. The van der Waals surface area contributed by atoms with E-state index in [0.29, 0.717) is 24.0 Å². The van der Waals surface area contributed by atoms with Gasteiger partial charge < -0.3 is 10.1 Å². The fraction of sp³-hybridized carbons (Fsp3) is 0.476. The smallest absolute Gasteiger partial charge is 0.251 e. The highest BCUT2D eigenvalue weighted by Crippen LogP contribution is 2.17. The molecular weight excluding hydrogens is 340 g/mol. The molecule has 0 saturated carbocycles. The van der Waals surface area contributed by atoms with Gasteiger partial charge in [-0.2, -0.15) is 0 Å². The molecular formula is C21H28N4O2. The molecule has 0 unspecified atom stereocenters. The third-order valence-corrected chi connectivity index (χ3v) is 4.90. The molecule has 6 nitrogen and oxygen atoms in total. The summed E-state index contributed by atoms with van der Waals surface area (Å²) >= 11 is 0. The summed E-state index contributed by atoms with van der Waals surface area (Å²) < 4.78 is 5.38. The number of aryl methyl sites for hydroxylation is 2. The van der Waals surface area contributed by atoms with Crippen LogP contribution in [0.1, 0.15) is 35.1 Å². The van der Waals surface area contributed by atoms with Crippen LogP contribution in [0.15, 0.2) is 30.3 Å². The molecule has 1 amide bonds. The van der Waals surface area contributed by atoms with Crippen molar-refractivity contribution in [2.24, 2.45) is 0 Å². The highest BCUT2D eigenvalue weighted by molar-refractivity contribution is 5.94. The van der Waals surface area contributed by atoms with Crippen LogP contribution in [-0.4, -0.2) is 59.7 Å². The van der Waals surface area contributed by atoms with Crippen LogP contribution in [0.4, 0.5) is 0 Å². The Morgan fingerprint density at radius 3 is 2.41 bits per heavy atom. The standard InChI is InChI=1S/C21H28N4O2/c1-15-14-16(2)24-20(23-15)18-4-6-19(7-5-18)21(26)22-9-8-17(3)25-10-12-27-13-11-25/h4-7,14,17H,8-13H2,1-3H3,(H,22,26)/t17-/m0/s1. The van der Waals surface area contributed by atoms with E-state index in [1.807, 2.05) is 44.2 Å². The average Bonchev–Trinajstić information content (AvgIpc) is 2.68. The van der Waals surface area contributed by atoms with Crippen molar-refractivity contribution >= 4 is 5.91 Å². The van der Waals surface area contributed by atoms with Gasteiger partial charge in [-0.15, -0.1) is 0 Å². The van der Waals surface area contributed by atoms with Gasteiger partial charge in [0, 0.05) is 48.2 Å². The molecule has 0 aliphatic carbocycles. The van der Waals surface area contributed by atoms with Gasteiger partial charge in [-0.1, -0.05) is 12.1 Å². The van der Waals surface area contributed by atoms with Gasteiger partial charge in [-0.25, -0.2) is 9.97 Å². The first kappa shape index (κ1) is 19.5. The van der Waals surface area contributed by atoms with Crippen molar-refractivity contribution in [2.75, 3.05) is 32.8 Å². The number of carbonyl (C=O) groups is 1. The van der Waals surface area contributed by atoms with Crippen LogP contribution in [0.2, 0.25) is 0 Å². The van der Waals surface area contributed by atoms with Gasteiger partial charge >= 0.3 is 0 Å². The lowest BCUT2D eigenvalue weighted by molar-refractivity contribution is 0.0187. The van der Waals surface area contributed by atoms with Crippen molar-refractivity contribution in [1.82, 2.24) is 20.2 Å². The Labute approximate surface area is 161 Å². The molecule has 0 radical (unpaired) electrons. The lowest BCUT2D eigenvalue weighted by atomic mass is 10.1. The number of amides is 1. The molecule has 1 atom stereocenters. The van der Waals surface area contributed by atoms with E-state index in [2.05, 4.69) is 27.1 Å². The molecule has 27 heavy (non-hydrogen) atoms. The zero-order valence-electron chi connectivity index (χ0n) is 16.4. The lowest BCUT2D eigenvalue weighted by Gasteiger charge is -2.32. The van der Waals surface area contributed by atoms with Crippen molar-refractivity contribution in [1.29, 1.82) is 0 Å². The number of benzene rings is 1. The van der Waals surface area contributed by atoms with Gasteiger partial charge in [-0.3, -0.25) is 9.69 Å². The van der Waals surface area contributed by atoms with E-state index in [9.17, 15) is 4.79 Å². The number of nitrogens with one attached hydrogen (secondary N) is 1. The molecule has 0 bridgehead atoms. The Kier molecular flexibility index (Phi) is 6.53. The molecule has 6 heteroatoms. The summed E-state index contributed by atoms with van der Waals surface area (Å²) in [5.41, 5.74) is 3.45. The van der Waals surface area contributed by atoms with Crippen molar-refractivity contribution in [3.8, 4) is 11.4 Å². The van der Waals surface area contributed by atoms with Gasteiger partial charge in [-0.05, 0) is 45.4 Å². The number of aromatic nitrogens is 2. The fourth-order valence-corrected chi connectivity index (χ4v) is 3.32. The SMILES string of the molecule is Cc1cc(C)nc(-c2ccc(C(=O)NCC[C@H](C)N3CCOCC3)cc2)n1. The lowest BCUT2D eigenvalue weighted by Crippen LogP contribution is -2.43. The first-order chi connectivity index (χ1) is 13.0. The maximum Gasteiger partial charge on any atom is 0.251 e. The maximum absolute atomic E-state index is 12.4. The monoisotopic (exact) mass is 368 g/mol. The molecule has 1 aromatic carbocycles. The van der Waals surface area contributed by atoms with Gasteiger partial charge in [0.1, 0.15) is 0 Å². The minimum absolute atomic E-state index is 0.0444. The van der Waals surface area contributed by atoms with E-state index in [1.165, 1.54) is 0 Å². The van der Waals surface area contributed by atoms with Gasteiger partial charge in [0.05, 0.1) is 13.2 Å². The first-order valence-electron chi connectivity index (χ1n) is 9.55. The van der Waals surface area contributed by atoms with Crippen LogP contribution < -0.4 is 5.32 Å². The van der Waals surface area contributed by atoms with E-state index >= 15 is 0 Å². The van der Waals surface area contributed by atoms with E-state index in [1.54, 1.807) is 0 Å². The third kappa shape index (κ3) is 5.34.